The van der Waals surface area contributed by atoms with Crippen molar-refractivity contribution in [1.29, 1.82) is 0 Å². The number of rotatable bonds is 3. The minimum absolute atomic E-state index is 0.203. The average molecular weight is 373 g/mol. The molecule has 0 aliphatic carbocycles. The topological polar surface area (TPSA) is 76.1 Å². The van der Waals surface area contributed by atoms with Crippen molar-refractivity contribution in [1.82, 2.24) is 4.90 Å². The number of hydrogen-bond donors (Lipinski definition) is 1. The Morgan fingerprint density at radius 3 is 2.69 bits per heavy atom. The molecule has 2 aliphatic rings. The van der Waals surface area contributed by atoms with E-state index in [1.165, 1.54) is 16.2 Å². The van der Waals surface area contributed by atoms with Gasteiger partial charge in [0.1, 0.15) is 19.3 Å². The number of hydrogen-bond acceptors (Lipinski definition) is 5. The SMILES string of the molecule is O=C(O)[C@H]1CCCCN1C(=O)c1ccc(-c2ccc3c(c2)OCCO3)s1. The number of ether oxygens (including phenoxy) is 2. The van der Waals surface area contributed by atoms with Crippen molar-refractivity contribution in [3.8, 4) is 21.9 Å². The molecule has 1 saturated heterocycles. The summed E-state index contributed by atoms with van der Waals surface area (Å²) in [6, 6.07) is 8.66. The number of fused-ring (bicyclic) bond motifs is 1. The molecule has 136 valence electrons. The zero-order chi connectivity index (χ0) is 18.1. The fraction of sp³-hybridized carbons (Fsp3) is 0.368. The van der Waals surface area contributed by atoms with E-state index in [9.17, 15) is 14.7 Å². The molecular weight excluding hydrogens is 354 g/mol. The van der Waals surface area contributed by atoms with Gasteiger partial charge in [0, 0.05) is 11.4 Å². The number of thiophene rings is 1. The highest BCUT2D eigenvalue weighted by atomic mass is 32.1. The first kappa shape index (κ1) is 16.9. The summed E-state index contributed by atoms with van der Waals surface area (Å²) in [6.07, 6.45) is 2.20. The quantitative estimate of drug-likeness (QED) is 0.894. The summed E-state index contributed by atoms with van der Waals surface area (Å²) >= 11 is 1.37. The van der Waals surface area contributed by atoms with Crippen LogP contribution in [-0.4, -0.2) is 47.7 Å². The molecule has 1 N–H and O–H groups in total. The van der Waals surface area contributed by atoms with Gasteiger partial charge in [-0.3, -0.25) is 4.79 Å². The molecule has 0 bridgehead atoms. The molecule has 0 unspecified atom stereocenters. The van der Waals surface area contributed by atoms with Gasteiger partial charge in [-0.25, -0.2) is 4.79 Å². The van der Waals surface area contributed by atoms with Gasteiger partial charge in [0.15, 0.2) is 11.5 Å². The second-order valence-electron chi connectivity index (χ2n) is 6.37. The van der Waals surface area contributed by atoms with Crippen LogP contribution < -0.4 is 9.47 Å². The summed E-state index contributed by atoms with van der Waals surface area (Å²) in [5.41, 5.74) is 0.951. The number of likely N-dealkylation sites (tertiary alicyclic amines) is 1. The first-order valence-corrected chi connectivity index (χ1v) is 9.49. The zero-order valence-electron chi connectivity index (χ0n) is 14.1. The van der Waals surface area contributed by atoms with Crippen LogP contribution in [0, 0.1) is 0 Å². The number of carboxylic acids is 1. The highest BCUT2D eigenvalue weighted by Gasteiger charge is 2.33. The second kappa shape index (κ2) is 6.99. The van der Waals surface area contributed by atoms with Gasteiger partial charge in [-0.05, 0) is 55.2 Å². The van der Waals surface area contributed by atoms with Gasteiger partial charge in [0.2, 0.25) is 0 Å². The van der Waals surface area contributed by atoms with Gasteiger partial charge in [-0.2, -0.15) is 0 Å². The Kier molecular flexibility index (Phi) is 4.55. The van der Waals surface area contributed by atoms with Crippen molar-refractivity contribution in [2.45, 2.75) is 25.3 Å². The fourth-order valence-corrected chi connectivity index (χ4v) is 4.34. The van der Waals surface area contributed by atoms with E-state index >= 15 is 0 Å². The van der Waals surface area contributed by atoms with Gasteiger partial charge in [-0.1, -0.05) is 0 Å². The van der Waals surface area contributed by atoms with Crippen LogP contribution in [0.4, 0.5) is 0 Å². The molecule has 3 heterocycles. The van der Waals surface area contributed by atoms with E-state index in [4.69, 9.17) is 9.47 Å². The predicted molar refractivity (Wildman–Crippen MR) is 97.1 cm³/mol. The van der Waals surface area contributed by atoms with E-state index in [1.54, 1.807) is 6.07 Å². The first-order valence-electron chi connectivity index (χ1n) is 8.67. The van der Waals surface area contributed by atoms with Crippen LogP contribution in [0.2, 0.25) is 0 Å². The third-order valence-electron chi connectivity index (χ3n) is 4.69. The Morgan fingerprint density at radius 2 is 1.88 bits per heavy atom. The lowest BCUT2D eigenvalue weighted by molar-refractivity contribution is -0.143. The summed E-state index contributed by atoms with van der Waals surface area (Å²) in [5, 5.41) is 9.38. The van der Waals surface area contributed by atoms with Crippen LogP contribution in [0.3, 0.4) is 0 Å². The molecule has 0 radical (unpaired) electrons. The van der Waals surface area contributed by atoms with Gasteiger partial charge >= 0.3 is 5.97 Å². The zero-order valence-corrected chi connectivity index (χ0v) is 15.0. The maximum absolute atomic E-state index is 12.8. The Bertz CT molecular complexity index is 846. The molecule has 1 fully saturated rings. The minimum Gasteiger partial charge on any atom is -0.486 e. The monoisotopic (exact) mass is 373 g/mol. The molecule has 1 aromatic carbocycles. The molecule has 1 amide bonds. The number of amides is 1. The van der Waals surface area contributed by atoms with Gasteiger partial charge in [0.05, 0.1) is 4.88 Å². The minimum atomic E-state index is -0.929. The van der Waals surface area contributed by atoms with Crippen LogP contribution in [0.25, 0.3) is 10.4 Å². The van der Waals surface area contributed by atoms with Crippen LogP contribution in [-0.2, 0) is 4.79 Å². The Balaban J connectivity index is 1.57. The maximum Gasteiger partial charge on any atom is 0.326 e. The predicted octanol–water partition coefficient (Wildman–Crippen LogP) is 3.27. The van der Waals surface area contributed by atoms with Crippen molar-refractivity contribution in [2.24, 2.45) is 0 Å². The van der Waals surface area contributed by atoms with Crippen molar-refractivity contribution in [3.63, 3.8) is 0 Å². The summed E-state index contributed by atoms with van der Waals surface area (Å²) in [6.45, 7) is 1.56. The maximum atomic E-state index is 12.8. The van der Waals surface area contributed by atoms with E-state index in [0.29, 0.717) is 36.8 Å². The third-order valence-corrected chi connectivity index (χ3v) is 5.81. The molecule has 0 saturated carbocycles. The summed E-state index contributed by atoms with van der Waals surface area (Å²) < 4.78 is 11.1. The van der Waals surface area contributed by atoms with Crippen LogP contribution in [0.15, 0.2) is 30.3 Å². The number of carboxylic acid groups (broad SMARTS) is 1. The number of carbonyl (C=O) groups is 2. The van der Waals surface area contributed by atoms with Gasteiger partial charge < -0.3 is 19.5 Å². The lowest BCUT2D eigenvalue weighted by atomic mass is 10.0. The Morgan fingerprint density at radius 1 is 1.08 bits per heavy atom. The molecule has 1 atom stereocenters. The van der Waals surface area contributed by atoms with Crippen molar-refractivity contribution in [2.75, 3.05) is 19.8 Å². The molecule has 26 heavy (non-hydrogen) atoms. The molecule has 4 rings (SSSR count). The lowest BCUT2D eigenvalue weighted by Gasteiger charge is -2.32. The number of carbonyl (C=O) groups excluding carboxylic acids is 1. The lowest BCUT2D eigenvalue weighted by Crippen LogP contribution is -2.47. The van der Waals surface area contributed by atoms with Crippen LogP contribution >= 0.6 is 11.3 Å². The molecule has 2 aromatic rings. The van der Waals surface area contributed by atoms with Gasteiger partial charge in [-0.15, -0.1) is 11.3 Å². The molecule has 1 aromatic heterocycles. The van der Waals surface area contributed by atoms with E-state index in [-0.39, 0.29) is 5.91 Å². The number of nitrogens with zero attached hydrogens (tertiary/aromatic N) is 1. The molecular formula is C19H19NO5S. The standard InChI is InChI=1S/C19H19NO5S/c21-18(20-8-2-1-3-13(20)19(22)23)17-7-6-16(26-17)12-4-5-14-15(11-12)25-10-9-24-14/h4-7,11,13H,1-3,8-10H2,(H,22,23)/t13-/m1/s1. The number of aliphatic carboxylic acids is 1. The average Bonchev–Trinajstić information content (AvgIpc) is 3.17. The summed E-state index contributed by atoms with van der Waals surface area (Å²) in [5.74, 6) is 0.301. The van der Waals surface area contributed by atoms with Crippen LogP contribution in [0.5, 0.6) is 11.5 Å². The van der Waals surface area contributed by atoms with E-state index in [2.05, 4.69) is 0 Å². The Hall–Kier alpha value is -2.54. The molecule has 6 nitrogen and oxygen atoms in total. The second-order valence-corrected chi connectivity index (χ2v) is 7.45. The summed E-state index contributed by atoms with van der Waals surface area (Å²) in [4.78, 5) is 27.3. The largest absolute Gasteiger partial charge is 0.486 e. The van der Waals surface area contributed by atoms with Crippen LogP contribution in [0.1, 0.15) is 28.9 Å². The third kappa shape index (κ3) is 3.14. The summed E-state index contributed by atoms with van der Waals surface area (Å²) in [7, 11) is 0. The van der Waals surface area contributed by atoms with Crippen molar-refractivity contribution >= 4 is 23.2 Å². The molecule has 2 aliphatic heterocycles. The van der Waals surface area contributed by atoms with E-state index in [0.717, 1.165) is 29.0 Å². The van der Waals surface area contributed by atoms with Gasteiger partial charge in [0.25, 0.3) is 5.91 Å². The smallest absolute Gasteiger partial charge is 0.326 e. The fourth-order valence-electron chi connectivity index (χ4n) is 3.38. The normalized spacial score (nSPS) is 19.2. The Labute approximate surface area is 155 Å². The number of benzene rings is 1. The van der Waals surface area contributed by atoms with Crippen molar-refractivity contribution < 1.29 is 24.2 Å². The highest BCUT2D eigenvalue weighted by Crippen LogP contribution is 2.37. The van der Waals surface area contributed by atoms with Crippen molar-refractivity contribution in [3.05, 3.63) is 35.2 Å². The first-order chi connectivity index (χ1) is 12.6. The highest BCUT2D eigenvalue weighted by molar-refractivity contribution is 7.17. The molecule has 0 spiro atoms. The molecule has 7 heteroatoms. The van der Waals surface area contributed by atoms with E-state index < -0.39 is 12.0 Å². The number of piperidine rings is 1. The van der Waals surface area contributed by atoms with E-state index in [1.807, 2.05) is 24.3 Å².